The van der Waals surface area contributed by atoms with Gasteiger partial charge in [-0.2, -0.15) is 0 Å². The first-order valence-electron chi connectivity index (χ1n) is 6.61. The molecule has 0 fully saturated rings. The van der Waals surface area contributed by atoms with Crippen LogP contribution < -0.4 is 10.6 Å². The fourth-order valence-electron chi connectivity index (χ4n) is 1.74. The molecular weight excluding hydrogens is 232 g/mol. The van der Waals surface area contributed by atoms with Gasteiger partial charge in [-0.15, -0.1) is 0 Å². The van der Waals surface area contributed by atoms with Crippen LogP contribution in [0, 0.1) is 11.8 Å². The number of hydrogen-bond donors (Lipinski definition) is 3. The normalized spacial score (nSPS) is 15.6. The lowest BCUT2D eigenvalue weighted by Crippen LogP contribution is -2.42. The molecule has 3 atom stereocenters. The molecule has 0 aliphatic heterocycles. The molecule has 0 aromatic carbocycles. The van der Waals surface area contributed by atoms with Gasteiger partial charge in [0, 0.05) is 19.0 Å². The minimum atomic E-state index is -0.838. The Morgan fingerprint density at radius 1 is 1.17 bits per heavy atom. The zero-order chi connectivity index (χ0) is 14.1. The second kappa shape index (κ2) is 8.78. The zero-order valence-corrected chi connectivity index (χ0v) is 11.8. The van der Waals surface area contributed by atoms with Crippen LogP contribution in [0.1, 0.15) is 47.0 Å². The quantitative estimate of drug-likeness (QED) is 0.624. The van der Waals surface area contributed by atoms with Gasteiger partial charge in [0.05, 0.1) is 0 Å². The fourth-order valence-corrected chi connectivity index (χ4v) is 1.74. The number of amides is 2. The third-order valence-corrected chi connectivity index (χ3v) is 2.96. The van der Waals surface area contributed by atoms with Crippen molar-refractivity contribution in [2.24, 2.45) is 11.8 Å². The molecule has 0 aliphatic rings. The third kappa shape index (κ3) is 8.84. The highest BCUT2D eigenvalue weighted by atomic mass is 16.4. The molecule has 5 nitrogen and oxygen atoms in total. The van der Waals surface area contributed by atoms with E-state index in [4.69, 9.17) is 5.11 Å². The lowest BCUT2D eigenvalue weighted by Gasteiger charge is -2.18. The van der Waals surface area contributed by atoms with E-state index >= 15 is 0 Å². The maximum absolute atomic E-state index is 11.5. The number of urea groups is 1. The minimum Gasteiger partial charge on any atom is -0.481 e. The first-order chi connectivity index (χ1) is 8.35. The van der Waals surface area contributed by atoms with Gasteiger partial charge in [-0.3, -0.25) is 4.79 Å². The van der Waals surface area contributed by atoms with Crippen LogP contribution in [-0.4, -0.2) is 29.7 Å². The lowest BCUT2D eigenvalue weighted by atomic mass is 10.0. The Bertz CT molecular complexity index is 269. The van der Waals surface area contributed by atoms with Crippen LogP contribution in [0.3, 0.4) is 0 Å². The summed E-state index contributed by atoms with van der Waals surface area (Å²) in [5, 5.41) is 14.1. The lowest BCUT2D eigenvalue weighted by molar-refractivity contribution is -0.137. The van der Waals surface area contributed by atoms with Crippen molar-refractivity contribution in [3.8, 4) is 0 Å². The highest BCUT2D eigenvalue weighted by Gasteiger charge is 2.12. The standard InChI is InChI=1S/C13H26N2O3/c1-5-9(2)6-11(4)15-13(18)14-8-10(3)7-12(16)17/h9-11H,5-8H2,1-4H3,(H,16,17)(H2,14,15,18). The first kappa shape index (κ1) is 16.7. The predicted molar refractivity (Wildman–Crippen MR) is 71.5 cm³/mol. The maximum Gasteiger partial charge on any atom is 0.315 e. The average molecular weight is 258 g/mol. The van der Waals surface area contributed by atoms with Gasteiger partial charge in [-0.1, -0.05) is 27.2 Å². The summed E-state index contributed by atoms with van der Waals surface area (Å²) in [4.78, 5) is 22.0. The van der Waals surface area contributed by atoms with Gasteiger partial charge in [0.2, 0.25) is 0 Å². The van der Waals surface area contributed by atoms with Crippen LogP contribution in [-0.2, 0) is 4.79 Å². The van der Waals surface area contributed by atoms with Crippen molar-refractivity contribution < 1.29 is 14.7 Å². The average Bonchev–Trinajstić information content (AvgIpc) is 2.25. The molecule has 0 aromatic heterocycles. The molecule has 18 heavy (non-hydrogen) atoms. The first-order valence-corrected chi connectivity index (χ1v) is 6.61. The number of carbonyl (C=O) groups is 2. The van der Waals surface area contributed by atoms with E-state index in [1.165, 1.54) is 0 Å². The van der Waals surface area contributed by atoms with Crippen molar-refractivity contribution in [2.75, 3.05) is 6.54 Å². The SMILES string of the molecule is CCC(C)CC(C)NC(=O)NCC(C)CC(=O)O. The minimum absolute atomic E-state index is 0.0573. The van der Waals surface area contributed by atoms with E-state index in [0.717, 1.165) is 12.8 Å². The van der Waals surface area contributed by atoms with Gasteiger partial charge in [-0.25, -0.2) is 4.79 Å². The molecule has 0 aromatic rings. The Balaban J connectivity index is 3.79. The molecule has 3 unspecified atom stereocenters. The molecule has 0 rings (SSSR count). The van der Waals surface area contributed by atoms with Crippen LogP contribution in [0.4, 0.5) is 4.79 Å². The summed E-state index contributed by atoms with van der Waals surface area (Å²) in [6.45, 7) is 8.45. The number of nitrogens with one attached hydrogen (secondary N) is 2. The van der Waals surface area contributed by atoms with Crippen LogP contribution in [0.2, 0.25) is 0 Å². The van der Waals surface area contributed by atoms with E-state index in [2.05, 4.69) is 24.5 Å². The van der Waals surface area contributed by atoms with Crippen molar-refractivity contribution in [3.63, 3.8) is 0 Å². The Hall–Kier alpha value is -1.26. The molecule has 0 heterocycles. The summed E-state index contributed by atoms with van der Waals surface area (Å²) in [5.74, 6) is -0.306. The van der Waals surface area contributed by atoms with Crippen molar-refractivity contribution in [1.82, 2.24) is 10.6 Å². The molecule has 0 radical (unpaired) electrons. The summed E-state index contributed by atoms with van der Waals surface area (Å²) < 4.78 is 0. The highest BCUT2D eigenvalue weighted by Crippen LogP contribution is 2.09. The molecular formula is C13H26N2O3. The molecule has 5 heteroatoms. The summed E-state index contributed by atoms with van der Waals surface area (Å²) in [6.07, 6.45) is 2.13. The van der Waals surface area contributed by atoms with Gasteiger partial charge < -0.3 is 15.7 Å². The molecule has 3 N–H and O–H groups in total. The van der Waals surface area contributed by atoms with Crippen LogP contribution in [0.15, 0.2) is 0 Å². The molecule has 0 bridgehead atoms. The predicted octanol–water partition coefficient (Wildman–Crippen LogP) is 2.22. The number of hydrogen-bond acceptors (Lipinski definition) is 2. The third-order valence-electron chi connectivity index (χ3n) is 2.96. The number of carboxylic acid groups (broad SMARTS) is 1. The Labute approximate surface area is 109 Å². The highest BCUT2D eigenvalue weighted by molar-refractivity contribution is 5.74. The largest absolute Gasteiger partial charge is 0.481 e. The smallest absolute Gasteiger partial charge is 0.315 e. The Kier molecular flexibility index (Phi) is 8.16. The van der Waals surface area contributed by atoms with E-state index in [-0.39, 0.29) is 24.4 Å². The van der Waals surface area contributed by atoms with E-state index < -0.39 is 5.97 Å². The summed E-state index contributed by atoms with van der Waals surface area (Å²) in [6, 6.07) is -0.0854. The van der Waals surface area contributed by atoms with Crippen molar-refractivity contribution >= 4 is 12.0 Å². The molecule has 0 saturated heterocycles. The summed E-state index contributed by atoms with van der Waals surface area (Å²) >= 11 is 0. The van der Waals surface area contributed by atoms with Crippen LogP contribution in [0.25, 0.3) is 0 Å². The Morgan fingerprint density at radius 2 is 1.78 bits per heavy atom. The molecule has 2 amide bonds. The van der Waals surface area contributed by atoms with E-state index in [9.17, 15) is 9.59 Å². The number of carbonyl (C=O) groups excluding carboxylic acids is 1. The van der Waals surface area contributed by atoms with Crippen LogP contribution >= 0.6 is 0 Å². The number of rotatable bonds is 8. The van der Waals surface area contributed by atoms with Crippen LogP contribution in [0.5, 0.6) is 0 Å². The van der Waals surface area contributed by atoms with Gasteiger partial charge in [-0.05, 0) is 25.2 Å². The van der Waals surface area contributed by atoms with E-state index in [1.807, 2.05) is 6.92 Å². The monoisotopic (exact) mass is 258 g/mol. The number of aliphatic carboxylic acids is 1. The van der Waals surface area contributed by atoms with Crippen molar-refractivity contribution in [2.45, 2.75) is 53.0 Å². The fraction of sp³-hybridized carbons (Fsp3) is 0.846. The van der Waals surface area contributed by atoms with Gasteiger partial charge in [0.1, 0.15) is 0 Å². The molecule has 0 spiro atoms. The maximum atomic E-state index is 11.5. The second-order valence-electron chi connectivity index (χ2n) is 5.21. The topological polar surface area (TPSA) is 78.4 Å². The van der Waals surface area contributed by atoms with Crippen molar-refractivity contribution in [1.29, 1.82) is 0 Å². The summed E-state index contributed by atoms with van der Waals surface area (Å²) in [7, 11) is 0. The van der Waals surface area contributed by atoms with Gasteiger partial charge in [0.15, 0.2) is 0 Å². The van der Waals surface area contributed by atoms with Gasteiger partial charge >= 0.3 is 12.0 Å². The number of carboxylic acids is 1. The molecule has 0 saturated carbocycles. The Morgan fingerprint density at radius 3 is 2.28 bits per heavy atom. The van der Waals surface area contributed by atoms with E-state index in [0.29, 0.717) is 12.5 Å². The molecule has 0 aliphatic carbocycles. The van der Waals surface area contributed by atoms with Crippen molar-refractivity contribution in [3.05, 3.63) is 0 Å². The summed E-state index contributed by atoms with van der Waals surface area (Å²) in [5.41, 5.74) is 0. The molecule has 106 valence electrons. The van der Waals surface area contributed by atoms with E-state index in [1.54, 1.807) is 6.92 Å². The van der Waals surface area contributed by atoms with Gasteiger partial charge in [0.25, 0.3) is 0 Å². The zero-order valence-electron chi connectivity index (χ0n) is 11.8. The second-order valence-corrected chi connectivity index (χ2v) is 5.21.